The summed E-state index contributed by atoms with van der Waals surface area (Å²) in [5.41, 5.74) is 5.56. The van der Waals surface area contributed by atoms with Crippen LogP contribution in [0.4, 0.5) is 0 Å². The van der Waals surface area contributed by atoms with Gasteiger partial charge < -0.3 is 15.0 Å². The second kappa shape index (κ2) is 5.08. The third-order valence-corrected chi connectivity index (χ3v) is 5.58. The largest absolute Gasteiger partial charge is 0.494 e. The van der Waals surface area contributed by atoms with E-state index in [1.54, 1.807) is 11.3 Å². The molecule has 2 aromatic rings. The minimum absolute atomic E-state index is 0.283. The molecule has 1 aromatic heterocycles. The van der Waals surface area contributed by atoms with E-state index in [1.165, 1.54) is 0 Å². The number of rotatable bonds is 3. The van der Waals surface area contributed by atoms with Crippen LogP contribution in [0.25, 0.3) is 10.1 Å². The summed E-state index contributed by atoms with van der Waals surface area (Å²) < 4.78 is 13.3. The molecule has 3 rings (SSSR count). The van der Waals surface area contributed by atoms with Gasteiger partial charge in [-0.3, -0.25) is 4.79 Å². The highest BCUT2D eigenvalue weighted by Crippen LogP contribution is 2.36. The molecule has 6 heteroatoms. The smallest absolute Gasteiger partial charge is 0.399 e. The lowest BCUT2D eigenvalue weighted by molar-refractivity contribution is -0.117. The lowest BCUT2D eigenvalue weighted by Gasteiger charge is -2.32. The van der Waals surface area contributed by atoms with Gasteiger partial charge in [0.15, 0.2) is 0 Å². The lowest BCUT2D eigenvalue weighted by atomic mass is 9.79. The van der Waals surface area contributed by atoms with Crippen molar-refractivity contribution in [2.45, 2.75) is 45.3 Å². The summed E-state index contributed by atoms with van der Waals surface area (Å²) in [5.74, 6) is -0.308. The summed E-state index contributed by atoms with van der Waals surface area (Å²) in [5, 5.41) is 1.09. The van der Waals surface area contributed by atoms with Crippen LogP contribution in [0.2, 0.25) is 0 Å². The highest BCUT2D eigenvalue weighted by atomic mass is 32.1. The van der Waals surface area contributed by atoms with Crippen molar-refractivity contribution >= 4 is 39.9 Å². The zero-order valence-corrected chi connectivity index (χ0v) is 14.1. The molecule has 1 fully saturated rings. The van der Waals surface area contributed by atoms with Crippen LogP contribution < -0.4 is 11.2 Å². The lowest BCUT2D eigenvalue weighted by Crippen LogP contribution is -2.41. The number of primary amides is 1. The maximum Gasteiger partial charge on any atom is 0.494 e. The molecule has 116 valence electrons. The van der Waals surface area contributed by atoms with E-state index in [2.05, 4.69) is 6.07 Å². The molecular weight excluding hydrogens is 297 g/mol. The molecule has 0 spiro atoms. The summed E-state index contributed by atoms with van der Waals surface area (Å²) in [6.07, 6.45) is 0.283. The topological polar surface area (TPSA) is 61.5 Å². The molecule has 2 N–H and O–H groups in total. The van der Waals surface area contributed by atoms with Crippen LogP contribution in [0.5, 0.6) is 0 Å². The average Bonchev–Trinajstić information content (AvgIpc) is 2.85. The van der Waals surface area contributed by atoms with E-state index in [0.717, 1.165) is 20.4 Å². The van der Waals surface area contributed by atoms with Gasteiger partial charge in [-0.15, -0.1) is 11.3 Å². The average molecular weight is 317 g/mol. The Morgan fingerprint density at radius 1 is 1.18 bits per heavy atom. The van der Waals surface area contributed by atoms with Crippen molar-refractivity contribution < 1.29 is 14.1 Å². The third-order valence-electron chi connectivity index (χ3n) is 4.47. The van der Waals surface area contributed by atoms with Crippen molar-refractivity contribution in [1.82, 2.24) is 0 Å². The van der Waals surface area contributed by atoms with Gasteiger partial charge >= 0.3 is 7.12 Å². The van der Waals surface area contributed by atoms with E-state index in [1.807, 2.05) is 45.9 Å². The van der Waals surface area contributed by atoms with Crippen molar-refractivity contribution in [2.75, 3.05) is 0 Å². The van der Waals surface area contributed by atoms with Crippen molar-refractivity contribution in [3.05, 3.63) is 29.1 Å². The Morgan fingerprint density at radius 2 is 1.82 bits per heavy atom. The molecule has 1 amide bonds. The number of benzene rings is 1. The fourth-order valence-electron chi connectivity index (χ4n) is 2.50. The zero-order valence-electron chi connectivity index (χ0n) is 13.3. The Kier molecular flexibility index (Phi) is 3.59. The highest BCUT2D eigenvalue weighted by molar-refractivity contribution is 7.19. The Morgan fingerprint density at radius 3 is 2.41 bits per heavy atom. The van der Waals surface area contributed by atoms with Gasteiger partial charge in [-0.2, -0.15) is 0 Å². The molecule has 0 unspecified atom stereocenters. The standard InChI is InChI=1S/C16H20BNO3S/c1-15(2)16(3,4)21-17(20-15)11-5-6-13-10(7-11)8-12(22-13)9-14(18)19/h5-8H,9H2,1-4H3,(H2,18,19). The van der Waals surface area contributed by atoms with Gasteiger partial charge in [-0.05, 0) is 50.7 Å². The van der Waals surface area contributed by atoms with E-state index in [4.69, 9.17) is 15.0 Å². The van der Waals surface area contributed by atoms with E-state index in [-0.39, 0.29) is 30.6 Å². The van der Waals surface area contributed by atoms with Crippen LogP contribution in [0.1, 0.15) is 32.6 Å². The molecule has 1 aliphatic heterocycles. The minimum atomic E-state index is -0.367. The summed E-state index contributed by atoms with van der Waals surface area (Å²) in [6.45, 7) is 8.17. The molecule has 1 aromatic carbocycles. The van der Waals surface area contributed by atoms with Gasteiger partial charge in [0.05, 0.1) is 17.6 Å². The molecule has 22 heavy (non-hydrogen) atoms. The Bertz CT molecular complexity index is 722. The quantitative estimate of drug-likeness (QED) is 0.883. The molecule has 0 atom stereocenters. The monoisotopic (exact) mass is 317 g/mol. The number of hydrogen-bond acceptors (Lipinski definition) is 4. The molecular formula is C16H20BNO3S. The van der Waals surface area contributed by atoms with Crippen molar-refractivity contribution in [1.29, 1.82) is 0 Å². The molecule has 2 heterocycles. The van der Waals surface area contributed by atoms with Crippen LogP contribution in [0.3, 0.4) is 0 Å². The molecule has 4 nitrogen and oxygen atoms in total. The first-order chi connectivity index (χ1) is 10.2. The maximum absolute atomic E-state index is 11.1. The number of amides is 1. The van der Waals surface area contributed by atoms with Crippen molar-refractivity contribution in [3.63, 3.8) is 0 Å². The van der Waals surface area contributed by atoms with E-state index in [9.17, 15) is 4.79 Å². The SMILES string of the molecule is CC1(C)OB(c2ccc3sc(CC(N)=O)cc3c2)OC1(C)C. The van der Waals surface area contributed by atoms with Crippen LogP contribution in [0.15, 0.2) is 24.3 Å². The summed E-state index contributed by atoms with van der Waals surface area (Å²) in [4.78, 5) is 12.0. The minimum Gasteiger partial charge on any atom is -0.399 e. The fraction of sp³-hybridized carbons (Fsp3) is 0.438. The number of nitrogens with two attached hydrogens (primary N) is 1. The van der Waals surface area contributed by atoms with Crippen LogP contribution >= 0.6 is 11.3 Å². The molecule has 0 radical (unpaired) electrons. The fourth-order valence-corrected chi connectivity index (χ4v) is 3.56. The Labute approximate surface area is 134 Å². The number of thiophene rings is 1. The highest BCUT2D eigenvalue weighted by Gasteiger charge is 2.51. The Hall–Kier alpha value is -1.37. The summed E-state index contributed by atoms with van der Waals surface area (Å²) in [6, 6.07) is 8.15. The van der Waals surface area contributed by atoms with Crippen LogP contribution in [-0.4, -0.2) is 24.2 Å². The molecule has 0 saturated carbocycles. The van der Waals surface area contributed by atoms with Crippen LogP contribution in [0, 0.1) is 0 Å². The Balaban J connectivity index is 1.91. The third kappa shape index (κ3) is 2.66. The van der Waals surface area contributed by atoms with Gasteiger partial charge in [0, 0.05) is 9.58 Å². The number of hydrogen-bond donors (Lipinski definition) is 1. The first-order valence-electron chi connectivity index (χ1n) is 7.34. The van der Waals surface area contributed by atoms with Gasteiger partial charge in [0.25, 0.3) is 0 Å². The first-order valence-corrected chi connectivity index (χ1v) is 8.16. The van der Waals surface area contributed by atoms with Gasteiger partial charge in [0.2, 0.25) is 5.91 Å². The van der Waals surface area contributed by atoms with Gasteiger partial charge in [-0.1, -0.05) is 12.1 Å². The molecule has 0 bridgehead atoms. The summed E-state index contributed by atoms with van der Waals surface area (Å²) >= 11 is 1.59. The molecule has 0 aliphatic carbocycles. The number of carbonyl (C=O) groups excluding carboxylic acids is 1. The number of fused-ring (bicyclic) bond motifs is 1. The van der Waals surface area contributed by atoms with Crippen LogP contribution in [-0.2, 0) is 20.5 Å². The first kappa shape index (κ1) is 15.5. The predicted octanol–water partition coefficient (Wildman–Crippen LogP) is 2.23. The van der Waals surface area contributed by atoms with Gasteiger partial charge in [0.1, 0.15) is 0 Å². The predicted molar refractivity (Wildman–Crippen MR) is 90.4 cm³/mol. The molecule has 1 aliphatic rings. The van der Waals surface area contributed by atoms with E-state index in [0.29, 0.717) is 0 Å². The second-order valence-electron chi connectivity index (χ2n) is 6.74. The molecule has 1 saturated heterocycles. The number of carbonyl (C=O) groups is 1. The zero-order chi connectivity index (χ0) is 16.1. The normalized spacial score (nSPS) is 19.7. The van der Waals surface area contributed by atoms with Crippen molar-refractivity contribution in [3.8, 4) is 0 Å². The maximum atomic E-state index is 11.1. The second-order valence-corrected chi connectivity index (χ2v) is 7.91. The van der Waals surface area contributed by atoms with Gasteiger partial charge in [-0.25, -0.2) is 0 Å². The van der Waals surface area contributed by atoms with E-state index < -0.39 is 0 Å². The van der Waals surface area contributed by atoms with E-state index >= 15 is 0 Å². The summed E-state index contributed by atoms with van der Waals surface area (Å²) in [7, 11) is -0.367. The van der Waals surface area contributed by atoms with Crippen molar-refractivity contribution in [2.24, 2.45) is 5.73 Å².